The first kappa shape index (κ1) is 11.3. The number of ether oxygens (including phenoxy) is 1. The van der Waals surface area contributed by atoms with E-state index in [1.165, 1.54) is 19.2 Å². The van der Waals surface area contributed by atoms with E-state index in [1.807, 2.05) is 0 Å². The van der Waals surface area contributed by atoms with E-state index >= 15 is 0 Å². The van der Waals surface area contributed by atoms with Crippen molar-refractivity contribution in [3.63, 3.8) is 0 Å². The molecule has 5 nitrogen and oxygen atoms in total. The molecule has 6 heteroatoms. The maximum Gasteiger partial charge on any atom is 0.167 e. The summed E-state index contributed by atoms with van der Waals surface area (Å²) in [5.74, 6) is -0.312. The zero-order valence-electron chi connectivity index (χ0n) is 9.33. The number of nitrogens with one attached hydrogen (secondary N) is 2. The second kappa shape index (κ2) is 4.73. The number of methoxy groups -OCH3 is 1. The predicted molar refractivity (Wildman–Crippen MR) is 63.3 cm³/mol. The number of rotatable bonds is 4. The maximum atomic E-state index is 13.3. The number of anilines is 2. The van der Waals surface area contributed by atoms with Crippen molar-refractivity contribution in [2.75, 3.05) is 18.2 Å². The highest BCUT2D eigenvalue weighted by Crippen LogP contribution is 2.28. The Morgan fingerprint density at radius 1 is 1.53 bits per heavy atom. The van der Waals surface area contributed by atoms with Gasteiger partial charge in [-0.1, -0.05) is 0 Å². The van der Waals surface area contributed by atoms with Crippen LogP contribution in [0.25, 0.3) is 0 Å². The van der Waals surface area contributed by atoms with Crippen LogP contribution in [-0.4, -0.2) is 17.3 Å². The summed E-state index contributed by atoms with van der Waals surface area (Å²) >= 11 is 0. The van der Waals surface area contributed by atoms with Crippen LogP contribution in [0.3, 0.4) is 0 Å². The van der Waals surface area contributed by atoms with Crippen molar-refractivity contribution in [1.29, 1.82) is 0 Å². The molecule has 0 aliphatic heterocycles. The van der Waals surface area contributed by atoms with Crippen molar-refractivity contribution in [1.82, 2.24) is 10.2 Å². The third-order valence-corrected chi connectivity index (χ3v) is 2.36. The fourth-order valence-electron chi connectivity index (χ4n) is 1.45. The lowest BCUT2D eigenvalue weighted by molar-refractivity contribution is 0.387. The molecule has 2 aromatic rings. The summed E-state index contributed by atoms with van der Waals surface area (Å²) in [5, 5.41) is 9.62. The Labute approximate surface area is 97.8 Å². The molecule has 0 unspecified atom stereocenters. The van der Waals surface area contributed by atoms with Gasteiger partial charge in [0.1, 0.15) is 0 Å². The number of benzene rings is 1. The highest BCUT2D eigenvalue weighted by atomic mass is 19.1. The maximum absolute atomic E-state index is 13.3. The average molecular weight is 236 g/mol. The van der Waals surface area contributed by atoms with E-state index in [0.717, 1.165) is 5.56 Å². The molecule has 1 aromatic heterocycles. The molecule has 4 N–H and O–H groups in total. The monoisotopic (exact) mass is 236 g/mol. The Balaban J connectivity index is 2.15. The molecule has 1 heterocycles. The van der Waals surface area contributed by atoms with Gasteiger partial charge in [0.2, 0.25) is 0 Å². The molecule has 0 saturated carbocycles. The van der Waals surface area contributed by atoms with E-state index in [-0.39, 0.29) is 5.75 Å². The van der Waals surface area contributed by atoms with Crippen LogP contribution in [0.4, 0.5) is 15.8 Å². The lowest BCUT2D eigenvalue weighted by Crippen LogP contribution is -2.03. The van der Waals surface area contributed by atoms with E-state index in [2.05, 4.69) is 15.5 Å². The van der Waals surface area contributed by atoms with Crippen LogP contribution in [0, 0.1) is 5.82 Å². The van der Waals surface area contributed by atoms with E-state index in [4.69, 9.17) is 10.5 Å². The van der Waals surface area contributed by atoms with E-state index in [0.29, 0.717) is 17.9 Å². The first-order valence-corrected chi connectivity index (χ1v) is 5.05. The molecule has 0 fully saturated rings. The van der Waals surface area contributed by atoms with Gasteiger partial charge >= 0.3 is 0 Å². The van der Waals surface area contributed by atoms with Gasteiger partial charge in [-0.05, 0) is 0 Å². The van der Waals surface area contributed by atoms with Crippen LogP contribution in [-0.2, 0) is 6.54 Å². The molecule has 1 aromatic carbocycles. The highest BCUT2D eigenvalue weighted by Gasteiger charge is 2.08. The number of hydrogen-bond acceptors (Lipinski definition) is 4. The third-order valence-electron chi connectivity index (χ3n) is 2.36. The molecule has 0 aliphatic carbocycles. The second-order valence-electron chi connectivity index (χ2n) is 3.53. The summed E-state index contributed by atoms with van der Waals surface area (Å²) < 4.78 is 18.2. The molecule has 17 heavy (non-hydrogen) atoms. The van der Waals surface area contributed by atoms with Gasteiger partial charge in [-0.15, -0.1) is 0 Å². The summed E-state index contributed by atoms with van der Waals surface area (Å²) in [6.07, 6.45) is 3.47. The lowest BCUT2D eigenvalue weighted by atomic mass is 10.2. The lowest BCUT2D eigenvalue weighted by Gasteiger charge is -2.11. The van der Waals surface area contributed by atoms with Gasteiger partial charge in [-0.2, -0.15) is 5.10 Å². The minimum Gasteiger partial charge on any atom is -0.494 e. The minimum absolute atomic E-state index is 0.161. The number of halogens is 1. The molecule has 0 radical (unpaired) electrons. The Kier molecular flexibility index (Phi) is 3.13. The van der Waals surface area contributed by atoms with E-state index < -0.39 is 5.82 Å². The first-order valence-electron chi connectivity index (χ1n) is 5.05. The highest BCUT2D eigenvalue weighted by molar-refractivity contribution is 5.68. The largest absolute Gasteiger partial charge is 0.494 e. The quantitative estimate of drug-likeness (QED) is 0.707. The molecular weight excluding hydrogens is 223 g/mol. The van der Waals surface area contributed by atoms with Gasteiger partial charge in [0, 0.05) is 30.4 Å². The molecule has 2 rings (SSSR count). The molecule has 0 aliphatic rings. The number of hydrogen-bond donors (Lipinski definition) is 3. The molecule has 0 saturated heterocycles. The van der Waals surface area contributed by atoms with E-state index in [1.54, 1.807) is 12.4 Å². The number of aromatic nitrogens is 2. The SMILES string of the molecule is COc1cc(NCc2cn[nH]c2)c(N)cc1F. The third kappa shape index (κ3) is 2.47. The number of nitrogens with two attached hydrogens (primary N) is 1. The van der Waals surface area contributed by atoms with Crippen LogP contribution in [0.15, 0.2) is 24.5 Å². The van der Waals surface area contributed by atoms with Crippen molar-refractivity contribution in [3.05, 3.63) is 35.9 Å². The zero-order chi connectivity index (χ0) is 12.3. The fraction of sp³-hybridized carbons (Fsp3) is 0.182. The minimum atomic E-state index is -0.473. The Hall–Kier alpha value is -2.24. The normalized spacial score (nSPS) is 10.2. The smallest absolute Gasteiger partial charge is 0.167 e. The zero-order valence-corrected chi connectivity index (χ0v) is 9.33. The van der Waals surface area contributed by atoms with Crippen LogP contribution in [0.5, 0.6) is 5.75 Å². The van der Waals surface area contributed by atoms with Crippen LogP contribution in [0.1, 0.15) is 5.56 Å². The van der Waals surface area contributed by atoms with Gasteiger partial charge in [0.05, 0.1) is 24.7 Å². The molecular formula is C11H13FN4O. The Morgan fingerprint density at radius 2 is 2.35 bits per heavy atom. The number of H-pyrrole nitrogens is 1. The van der Waals surface area contributed by atoms with Crippen molar-refractivity contribution in [2.45, 2.75) is 6.54 Å². The van der Waals surface area contributed by atoms with Crippen molar-refractivity contribution < 1.29 is 9.13 Å². The molecule has 0 amide bonds. The summed E-state index contributed by atoms with van der Waals surface area (Å²) in [6, 6.07) is 2.77. The summed E-state index contributed by atoms with van der Waals surface area (Å²) in [5.41, 5.74) is 7.65. The average Bonchev–Trinajstić information content (AvgIpc) is 2.81. The van der Waals surface area contributed by atoms with Crippen LogP contribution in [0.2, 0.25) is 0 Å². The number of nitrogens with zero attached hydrogens (tertiary/aromatic N) is 1. The van der Waals surface area contributed by atoms with Gasteiger partial charge < -0.3 is 15.8 Å². The van der Waals surface area contributed by atoms with Crippen molar-refractivity contribution >= 4 is 11.4 Å². The molecule has 90 valence electrons. The molecule has 0 bridgehead atoms. The first-order chi connectivity index (χ1) is 8.20. The fourth-order valence-corrected chi connectivity index (χ4v) is 1.45. The number of aromatic amines is 1. The molecule has 0 spiro atoms. The van der Waals surface area contributed by atoms with Crippen molar-refractivity contribution in [2.24, 2.45) is 0 Å². The standard InChI is InChI=1S/C11H13FN4O/c1-17-11-3-10(9(13)2-8(11)12)14-4-7-5-15-16-6-7/h2-3,5-6,14H,4,13H2,1H3,(H,15,16). The second-order valence-corrected chi connectivity index (χ2v) is 3.53. The summed E-state index contributed by atoms with van der Waals surface area (Å²) in [7, 11) is 1.41. The van der Waals surface area contributed by atoms with Gasteiger partial charge in [-0.25, -0.2) is 4.39 Å². The molecule has 0 atom stereocenters. The Bertz CT molecular complexity index is 498. The van der Waals surface area contributed by atoms with Crippen molar-refractivity contribution in [3.8, 4) is 5.75 Å². The Morgan fingerprint density at radius 3 is 3.00 bits per heavy atom. The summed E-state index contributed by atoms with van der Waals surface area (Å²) in [4.78, 5) is 0. The van der Waals surface area contributed by atoms with Gasteiger partial charge in [-0.3, -0.25) is 5.10 Å². The van der Waals surface area contributed by atoms with E-state index in [9.17, 15) is 4.39 Å². The van der Waals surface area contributed by atoms with Crippen LogP contribution >= 0.6 is 0 Å². The number of nitrogen functional groups attached to an aromatic ring is 1. The van der Waals surface area contributed by atoms with Crippen LogP contribution < -0.4 is 15.8 Å². The predicted octanol–water partition coefficient (Wildman–Crippen LogP) is 1.75. The van der Waals surface area contributed by atoms with Gasteiger partial charge in [0.15, 0.2) is 11.6 Å². The van der Waals surface area contributed by atoms with Gasteiger partial charge in [0.25, 0.3) is 0 Å². The summed E-state index contributed by atoms with van der Waals surface area (Å²) in [6.45, 7) is 0.551. The topological polar surface area (TPSA) is 76.0 Å².